The van der Waals surface area contributed by atoms with Gasteiger partial charge in [-0.2, -0.15) is 4.99 Å². The first-order chi connectivity index (χ1) is 14.0. The van der Waals surface area contributed by atoms with Gasteiger partial charge in [-0.25, -0.2) is 0 Å². The fourth-order valence-electron chi connectivity index (χ4n) is 2.84. The third kappa shape index (κ3) is 4.69. The molecule has 6 nitrogen and oxygen atoms in total. The molecular weight excluding hydrogens is 435 g/mol. The zero-order chi connectivity index (χ0) is 21.0. The van der Waals surface area contributed by atoms with Crippen LogP contribution in [0.1, 0.15) is 13.3 Å². The summed E-state index contributed by atoms with van der Waals surface area (Å²) in [5.74, 6) is 1.35. The average molecular weight is 455 g/mol. The second kappa shape index (κ2) is 9.52. The van der Waals surface area contributed by atoms with Gasteiger partial charge in [-0.15, -0.1) is 0 Å². The highest BCUT2D eigenvalue weighted by Crippen LogP contribution is 2.35. The molecular formula is C20H20Cl2N2O4S. The molecule has 0 aliphatic heterocycles. The smallest absolute Gasteiger partial charge is 0.286 e. The molecule has 3 aromatic rings. The Morgan fingerprint density at radius 3 is 2.45 bits per heavy atom. The second-order valence-corrected chi connectivity index (χ2v) is 7.87. The van der Waals surface area contributed by atoms with Gasteiger partial charge >= 0.3 is 0 Å². The van der Waals surface area contributed by atoms with Crippen molar-refractivity contribution in [2.45, 2.75) is 19.9 Å². The van der Waals surface area contributed by atoms with Crippen LogP contribution in [0.4, 0.5) is 0 Å². The van der Waals surface area contributed by atoms with Crippen molar-refractivity contribution in [3.8, 4) is 17.2 Å². The molecule has 0 unspecified atom stereocenters. The fraction of sp³-hybridized carbons (Fsp3) is 0.300. The van der Waals surface area contributed by atoms with Crippen molar-refractivity contribution in [1.82, 2.24) is 4.57 Å². The number of rotatable bonds is 7. The maximum Gasteiger partial charge on any atom is 0.286 e. The highest BCUT2D eigenvalue weighted by Gasteiger charge is 2.16. The van der Waals surface area contributed by atoms with Gasteiger partial charge in [0.2, 0.25) is 0 Å². The SMILES string of the molecule is CCCn1c(=NC(=O)COc2ccc(Cl)cc2Cl)sc2c(OC)ccc(OC)c21. The van der Waals surface area contributed by atoms with E-state index in [2.05, 4.69) is 11.9 Å². The summed E-state index contributed by atoms with van der Waals surface area (Å²) in [6.07, 6.45) is 0.866. The number of carbonyl (C=O) groups excluding carboxylic acids is 1. The Kier molecular flexibility index (Phi) is 7.05. The topological polar surface area (TPSA) is 62.1 Å². The van der Waals surface area contributed by atoms with Crippen LogP contribution < -0.4 is 19.0 Å². The summed E-state index contributed by atoms with van der Waals surface area (Å²) in [6.45, 7) is 2.50. The van der Waals surface area contributed by atoms with Gasteiger partial charge in [0.1, 0.15) is 27.5 Å². The molecule has 0 aliphatic rings. The molecule has 2 aromatic carbocycles. The minimum atomic E-state index is -0.426. The van der Waals surface area contributed by atoms with E-state index in [4.69, 9.17) is 37.4 Å². The number of benzene rings is 2. The van der Waals surface area contributed by atoms with Gasteiger partial charge in [0.15, 0.2) is 11.4 Å². The van der Waals surface area contributed by atoms with Crippen molar-refractivity contribution in [2.24, 2.45) is 4.99 Å². The van der Waals surface area contributed by atoms with Gasteiger partial charge in [-0.3, -0.25) is 4.79 Å². The van der Waals surface area contributed by atoms with Crippen molar-refractivity contribution < 1.29 is 19.0 Å². The standard InChI is InChI=1S/C20H20Cl2N2O4S/c1-4-9-24-18-15(26-2)7-8-16(27-3)19(18)29-20(24)23-17(25)11-28-14-6-5-12(21)10-13(14)22/h5-8,10H,4,9,11H2,1-3H3. The summed E-state index contributed by atoms with van der Waals surface area (Å²) >= 11 is 13.3. The molecule has 9 heteroatoms. The Labute approximate surface area is 182 Å². The van der Waals surface area contributed by atoms with Gasteiger partial charge in [0.25, 0.3) is 5.91 Å². The van der Waals surface area contributed by atoms with Crippen LogP contribution in [0.2, 0.25) is 10.0 Å². The summed E-state index contributed by atoms with van der Waals surface area (Å²) in [6, 6.07) is 8.50. The lowest BCUT2D eigenvalue weighted by Crippen LogP contribution is -2.19. The van der Waals surface area contributed by atoms with E-state index in [1.807, 2.05) is 16.7 Å². The van der Waals surface area contributed by atoms with E-state index >= 15 is 0 Å². The predicted octanol–water partition coefficient (Wildman–Crippen LogP) is 4.94. The summed E-state index contributed by atoms with van der Waals surface area (Å²) in [5.41, 5.74) is 0.854. The van der Waals surface area contributed by atoms with Gasteiger partial charge in [0.05, 0.1) is 19.2 Å². The number of aromatic nitrogens is 1. The molecule has 29 heavy (non-hydrogen) atoms. The van der Waals surface area contributed by atoms with E-state index in [9.17, 15) is 4.79 Å². The summed E-state index contributed by atoms with van der Waals surface area (Å²) in [7, 11) is 3.22. The van der Waals surface area contributed by atoms with Crippen molar-refractivity contribution in [3.63, 3.8) is 0 Å². The number of halogens is 2. The van der Waals surface area contributed by atoms with Crippen LogP contribution in [0.15, 0.2) is 35.3 Å². The minimum absolute atomic E-state index is 0.240. The van der Waals surface area contributed by atoms with Crippen LogP contribution in [0.25, 0.3) is 10.2 Å². The molecule has 0 saturated carbocycles. The predicted molar refractivity (Wildman–Crippen MR) is 116 cm³/mol. The Balaban J connectivity index is 1.97. The fourth-order valence-corrected chi connectivity index (χ4v) is 4.49. The van der Waals surface area contributed by atoms with E-state index < -0.39 is 5.91 Å². The minimum Gasteiger partial charge on any atom is -0.495 e. The molecule has 0 aliphatic carbocycles. The Morgan fingerprint density at radius 2 is 1.79 bits per heavy atom. The van der Waals surface area contributed by atoms with Gasteiger partial charge in [0, 0.05) is 11.6 Å². The van der Waals surface area contributed by atoms with Gasteiger partial charge < -0.3 is 18.8 Å². The van der Waals surface area contributed by atoms with Crippen molar-refractivity contribution in [3.05, 3.63) is 45.2 Å². The molecule has 0 bridgehead atoms. The van der Waals surface area contributed by atoms with E-state index in [0.717, 1.165) is 16.6 Å². The van der Waals surface area contributed by atoms with Crippen molar-refractivity contribution >= 4 is 50.7 Å². The first kappa shape index (κ1) is 21.5. The largest absolute Gasteiger partial charge is 0.495 e. The third-order valence-corrected chi connectivity index (χ3v) is 5.73. The van der Waals surface area contributed by atoms with Crippen molar-refractivity contribution in [1.29, 1.82) is 0 Å². The Bertz CT molecular complexity index is 1110. The van der Waals surface area contributed by atoms with Crippen LogP contribution in [0, 0.1) is 0 Å². The monoisotopic (exact) mass is 454 g/mol. The van der Waals surface area contributed by atoms with Crippen LogP contribution in [0.3, 0.4) is 0 Å². The first-order valence-corrected chi connectivity index (χ1v) is 10.5. The molecule has 1 aromatic heterocycles. The number of hydrogen-bond acceptors (Lipinski definition) is 5. The Hall–Kier alpha value is -2.22. The van der Waals surface area contributed by atoms with Crippen LogP contribution in [0.5, 0.6) is 17.2 Å². The Morgan fingerprint density at radius 1 is 1.10 bits per heavy atom. The van der Waals surface area contributed by atoms with E-state index in [1.165, 1.54) is 11.3 Å². The number of carbonyl (C=O) groups is 1. The zero-order valence-corrected chi connectivity index (χ0v) is 18.5. The number of nitrogens with zero attached hydrogens (tertiary/aromatic N) is 2. The molecule has 1 amide bonds. The summed E-state index contributed by atoms with van der Waals surface area (Å²) < 4.78 is 19.3. The molecule has 0 spiro atoms. The van der Waals surface area contributed by atoms with Crippen molar-refractivity contribution in [2.75, 3.05) is 20.8 Å². The quantitative estimate of drug-likeness (QED) is 0.506. The van der Waals surface area contributed by atoms with E-state index in [0.29, 0.717) is 38.6 Å². The molecule has 3 rings (SSSR count). The molecule has 154 valence electrons. The summed E-state index contributed by atoms with van der Waals surface area (Å²) in [5, 5.41) is 0.829. The number of fused-ring (bicyclic) bond motifs is 1. The number of aryl methyl sites for hydroxylation is 1. The molecule has 0 atom stereocenters. The highest BCUT2D eigenvalue weighted by molar-refractivity contribution is 7.16. The lowest BCUT2D eigenvalue weighted by Gasteiger charge is -2.09. The first-order valence-electron chi connectivity index (χ1n) is 8.88. The number of thiazole rings is 1. The number of methoxy groups -OCH3 is 2. The maximum absolute atomic E-state index is 12.5. The van der Waals surface area contributed by atoms with E-state index in [1.54, 1.807) is 32.4 Å². The molecule has 1 heterocycles. The third-order valence-electron chi connectivity index (χ3n) is 4.10. The maximum atomic E-state index is 12.5. The van der Waals surface area contributed by atoms with Crippen LogP contribution in [-0.2, 0) is 11.3 Å². The second-order valence-electron chi connectivity index (χ2n) is 6.05. The highest BCUT2D eigenvalue weighted by atomic mass is 35.5. The number of ether oxygens (including phenoxy) is 3. The number of amides is 1. The number of hydrogen-bond donors (Lipinski definition) is 0. The zero-order valence-electron chi connectivity index (χ0n) is 16.2. The van der Waals surface area contributed by atoms with Crippen LogP contribution in [-0.4, -0.2) is 31.3 Å². The molecule has 0 saturated heterocycles. The molecule has 0 radical (unpaired) electrons. The summed E-state index contributed by atoms with van der Waals surface area (Å²) in [4.78, 5) is 17.3. The van der Waals surface area contributed by atoms with E-state index in [-0.39, 0.29) is 6.61 Å². The lowest BCUT2D eigenvalue weighted by atomic mass is 10.3. The normalized spacial score (nSPS) is 11.7. The van der Waals surface area contributed by atoms with Gasteiger partial charge in [-0.1, -0.05) is 41.5 Å². The molecule has 0 fully saturated rings. The lowest BCUT2D eigenvalue weighted by molar-refractivity contribution is -0.120. The average Bonchev–Trinajstić information content (AvgIpc) is 3.05. The van der Waals surface area contributed by atoms with Gasteiger partial charge in [-0.05, 0) is 36.8 Å². The van der Waals surface area contributed by atoms with Crippen LogP contribution >= 0.6 is 34.5 Å². The molecule has 0 N–H and O–H groups in total.